The van der Waals surface area contributed by atoms with Crippen LogP contribution in [0.25, 0.3) is 0 Å². The number of carbonyl (C=O) groups excluding carboxylic acids is 1. The monoisotopic (exact) mass is 294 g/mol. The van der Waals surface area contributed by atoms with Crippen LogP contribution in [-0.4, -0.2) is 38.8 Å². The lowest BCUT2D eigenvalue weighted by Crippen LogP contribution is -2.30. The molecule has 0 aromatic heterocycles. The van der Waals surface area contributed by atoms with Gasteiger partial charge in [-0.2, -0.15) is 0 Å². The molecule has 0 aliphatic heterocycles. The second-order valence-electron chi connectivity index (χ2n) is 4.63. The summed E-state index contributed by atoms with van der Waals surface area (Å²) in [5.41, 5.74) is 0.870. The van der Waals surface area contributed by atoms with Crippen molar-refractivity contribution in [2.45, 2.75) is 26.7 Å². The lowest BCUT2D eigenvalue weighted by atomic mass is 10.3. The van der Waals surface area contributed by atoms with Crippen LogP contribution < -0.4 is 15.4 Å². The highest BCUT2D eigenvalue weighted by atomic mass is 16.5. The van der Waals surface area contributed by atoms with Gasteiger partial charge in [0.05, 0.1) is 13.2 Å². The zero-order valence-corrected chi connectivity index (χ0v) is 13.0. The molecule has 0 spiro atoms. The number of hydrogen-bond acceptors (Lipinski definition) is 4. The Labute approximate surface area is 127 Å². The fourth-order valence-corrected chi connectivity index (χ4v) is 1.71. The van der Waals surface area contributed by atoms with Gasteiger partial charge in [0.25, 0.3) is 0 Å². The Kier molecular flexibility index (Phi) is 9.04. The van der Waals surface area contributed by atoms with Crippen LogP contribution in [0, 0.1) is 0 Å². The fraction of sp³-hybridized carbons (Fsp3) is 0.562. The van der Waals surface area contributed by atoms with Crippen molar-refractivity contribution in [3.63, 3.8) is 0 Å². The molecule has 21 heavy (non-hydrogen) atoms. The molecule has 1 aromatic rings. The lowest BCUT2D eigenvalue weighted by Gasteiger charge is -2.10. The second kappa shape index (κ2) is 11.0. The SMILES string of the molecule is CCCCNC(=O)CNc1cccc(OCCOCC)c1. The number of hydrogen-bond donors (Lipinski definition) is 2. The number of benzene rings is 1. The Morgan fingerprint density at radius 3 is 2.86 bits per heavy atom. The summed E-state index contributed by atoms with van der Waals surface area (Å²) in [5, 5.41) is 5.96. The van der Waals surface area contributed by atoms with E-state index >= 15 is 0 Å². The zero-order valence-electron chi connectivity index (χ0n) is 13.0. The summed E-state index contributed by atoms with van der Waals surface area (Å²) < 4.78 is 10.8. The third kappa shape index (κ3) is 8.19. The lowest BCUT2D eigenvalue weighted by molar-refractivity contribution is -0.119. The van der Waals surface area contributed by atoms with E-state index in [1.807, 2.05) is 31.2 Å². The van der Waals surface area contributed by atoms with Gasteiger partial charge in [-0.25, -0.2) is 0 Å². The van der Waals surface area contributed by atoms with E-state index in [0.717, 1.165) is 30.8 Å². The summed E-state index contributed by atoms with van der Waals surface area (Å²) in [4.78, 5) is 11.6. The van der Waals surface area contributed by atoms with Crippen molar-refractivity contribution in [2.24, 2.45) is 0 Å². The number of nitrogens with one attached hydrogen (secondary N) is 2. The molecule has 0 unspecified atom stereocenters. The van der Waals surface area contributed by atoms with Crippen LogP contribution in [0.4, 0.5) is 5.69 Å². The third-order valence-corrected chi connectivity index (χ3v) is 2.84. The van der Waals surface area contributed by atoms with Crippen LogP contribution in [0.5, 0.6) is 5.75 Å². The molecule has 0 heterocycles. The minimum atomic E-state index is 0.00566. The Bertz CT molecular complexity index is 410. The summed E-state index contributed by atoms with van der Waals surface area (Å²) in [6.07, 6.45) is 2.09. The van der Waals surface area contributed by atoms with Gasteiger partial charge < -0.3 is 20.1 Å². The summed E-state index contributed by atoms with van der Waals surface area (Å²) in [6, 6.07) is 7.58. The summed E-state index contributed by atoms with van der Waals surface area (Å²) >= 11 is 0. The third-order valence-electron chi connectivity index (χ3n) is 2.84. The van der Waals surface area contributed by atoms with E-state index in [1.165, 1.54) is 0 Å². The molecule has 1 rings (SSSR count). The van der Waals surface area contributed by atoms with Crippen LogP contribution >= 0.6 is 0 Å². The van der Waals surface area contributed by atoms with Crippen LogP contribution in [0.15, 0.2) is 24.3 Å². The molecule has 0 aliphatic carbocycles. The van der Waals surface area contributed by atoms with Crippen molar-refractivity contribution in [3.8, 4) is 5.75 Å². The van der Waals surface area contributed by atoms with Gasteiger partial charge in [0.2, 0.25) is 5.91 Å². The molecule has 5 nitrogen and oxygen atoms in total. The predicted octanol–water partition coefficient (Wildman–Crippen LogP) is 2.43. The van der Waals surface area contributed by atoms with E-state index in [0.29, 0.717) is 19.8 Å². The second-order valence-corrected chi connectivity index (χ2v) is 4.63. The van der Waals surface area contributed by atoms with Gasteiger partial charge in [-0.05, 0) is 25.5 Å². The summed E-state index contributed by atoms with van der Waals surface area (Å²) in [5.74, 6) is 0.775. The van der Waals surface area contributed by atoms with Gasteiger partial charge in [0.1, 0.15) is 12.4 Å². The minimum absolute atomic E-state index is 0.00566. The van der Waals surface area contributed by atoms with Crippen molar-refractivity contribution in [2.75, 3.05) is 38.2 Å². The highest BCUT2D eigenvalue weighted by molar-refractivity contribution is 5.80. The molecule has 2 N–H and O–H groups in total. The predicted molar refractivity (Wildman–Crippen MR) is 84.8 cm³/mol. The highest BCUT2D eigenvalue weighted by Gasteiger charge is 2.01. The molecule has 1 amide bonds. The first-order valence-electron chi connectivity index (χ1n) is 7.57. The Hall–Kier alpha value is -1.75. The van der Waals surface area contributed by atoms with Crippen LogP contribution in [0.3, 0.4) is 0 Å². The Balaban J connectivity index is 2.29. The maximum absolute atomic E-state index is 11.6. The molecule has 1 aromatic carbocycles. The van der Waals surface area contributed by atoms with Crippen LogP contribution in [0.1, 0.15) is 26.7 Å². The number of rotatable bonds is 11. The topological polar surface area (TPSA) is 59.6 Å². The number of amides is 1. The van der Waals surface area contributed by atoms with Crippen molar-refractivity contribution in [1.82, 2.24) is 5.32 Å². The van der Waals surface area contributed by atoms with E-state index in [2.05, 4.69) is 17.6 Å². The van der Waals surface area contributed by atoms with Gasteiger partial charge in [-0.3, -0.25) is 4.79 Å². The molecule has 5 heteroatoms. The number of anilines is 1. The molecule has 0 radical (unpaired) electrons. The van der Waals surface area contributed by atoms with Gasteiger partial charge in [-0.15, -0.1) is 0 Å². The zero-order chi connectivity index (χ0) is 15.3. The van der Waals surface area contributed by atoms with Gasteiger partial charge in [0, 0.05) is 24.9 Å². The van der Waals surface area contributed by atoms with E-state index in [9.17, 15) is 4.79 Å². The molecule has 0 saturated carbocycles. The minimum Gasteiger partial charge on any atom is -0.491 e. The van der Waals surface area contributed by atoms with Gasteiger partial charge >= 0.3 is 0 Å². The largest absolute Gasteiger partial charge is 0.491 e. The summed E-state index contributed by atoms with van der Waals surface area (Å²) in [7, 11) is 0. The first kappa shape index (κ1) is 17.3. The van der Waals surface area contributed by atoms with E-state index in [-0.39, 0.29) is 12.5 Å². The molecule has 0 atom stereocenters. The number of ether oxygens (including phenoxy) is 2. The smallest absolute Gasteiger partial charge is 0.239 e. The van der Waals surface area contributed by atoms with Crippen molar-refractivity contribution >= 4 is 11.6 Å². The van der Waals surface area contributed by atoms with E-state index < -0.39 is 0 Å². The van der Waals surface area contributed by atoms with E-state index in [4.69, 9.17) is 9.47 Å². The maximum Gasteiger partial charge on any atom is 0.239 e. The van der Waals surface area contributed by atoms with Crippen molar-refractivity contribution in [1.29, 1.82) is 0 Å². The van der Waals surface area contributed by atoms with E-state index in [1.54, 1.807) is 0 Å². The van der Waals surface area contributed by atoms with Crippen LogP contribution in [-0.2, 0) is 9.53 Å². The van der Waals surface area contributed by atoms with Gasteiger partial charge in [-0.1, -0.05) is 19.4 Å². The standard InChI is InChI=1S/C16H26N2O3/c1-3-5-9-17-16(19)13-18-14-7-6-8-15(12-14)21-11-10-20-4-2/h6-8,12,18H,3-5,9-11,13H2,1-2H3,(H,17,19). The molecular formula is C16H26N2O3. The van der Waals surface area contributed by atoms with Crippen molar-refractivity contribution < 1.29 is 14.3 Å². The molecule has 0 bridgehead atoms. The highest BCUT2D eigenvalue weighted by Crippen LogP contribution is 2.16. The first-order chi connectivity index (χ1) is 10.3. The molecule has 0 saturated heterocycles. The average Bonchev–Trinajstić information content (AvgIpc) is 2.50. The van der Waals surface area contributed by atoms with Gasteiger partial charge in [0.15, 0.2) is 0 Å². The Morgan fingerprint density at radius 2 is 2.10 bits per heavy atom. The molecule has 118 valence electrons. The average molecular weight is 294 g/mol. The molecule has 0 aliphatic rings. The maximum atomic E-state index is 11.6. The number of carbonyl (C=O) groups is 1. The van der Waals surface area contributed by atoms with Crippen molar-refractivity contribution in [3.05, 3.63) is 24.3 Å². The normalized spacial score (nSPS) is 10.2. The number of unbranched alkanes of at least 4 members (excludes halogenated alkanes) is 1. The Morgan fingerprint density at radius 1 is 1.24 bits per heavy atom. The molecule has 0 fully saturated rings. The summed E-state index contributed by atoms with van der Waals surface area (Å²) in [6.45, 7) is 6.85. The van der Waals surface area contributed by atoms with Crippen LogP contribution in [0.2, 0.25) is 0 Å². The first-order valence-corrected chi connectivity index (χ1v) is 7.57. The quantitative estimate of drug-likeness (QED) is 0.615. The molecular weight excluding hydrogens is 268 g/mol. The fourth-order valence-electron chi connectivity index (χ4n) is 1.71.